The van der Waals surface area contributed by atoms with Gasteiger partial charge in [-0.05, 0) is 55.3 Å². The number of fused-ring (bicyclic) bond motifs is 1. The van der Waals surface area contributed by atoms with Gasteiger partial charge in [-0.15, -0.1) is 12.4 Å². The van der Waals surface area contributed by atoms with Gasteiger partial charge in [0.1, 0.15) is 17.3 Å². The zero-order valence-electron chi connectivity index (χ0n) is 18.6. The summed E-state index contributed by atoms with van der Waals surface area (Å²) in [7, 11) is 0. The van der Waals surface area contributed by atoms with Crippen LogP contribution in [0, 0.1) is 0 Å². The number of imide groups is 1. The van der Waals surface area contributed by atoms with Crippen molar-refractivity contribution in [2.24, 2.45) is 0 Å². The van der Waals surface area contributed by atoms with E-state index in [2.05, 4.69) is 15.3 Å². The van der Waals surface area contributed by atoms with Crippen molar-refractivity contribution in [3.05, 3.63) is 78.1 Å². The summed E-state index contributed by atoms with van der Waals surface area (Å²) in [4.78, 5) is 31.0. The summed E-state index contributed by atoms with van der Waals surface area (Å²) in [6.45, 7) is 1.90. The molecule has 1 aromatic heterocycles. The second-order valence-electron chi connectivity index (χ2n) is 7.86. The number of H-pyrrole nitrogens is 1. The predicted octanol–water partition coefficient (Wildman–Crippen LogP) is 5.52. The quantitative estimate of drug-likeness (QED) is 0.299. The van der Waals surface area contributed by atoms with Gasteiger partial charge in [0.15, 0.2) is 17.6 Å². The summed E-state index contributed by atoms with van der Waals surface area (Å²) in [5, 5.41) is 11.5. The number of carbonyl (C=O) groups excluding carboxylic acids is 2. The molecule has 0 spiro atoms. The van der Waals surface area contributed by atoms with Gasteiger partial charge in [0.05, 0.1) is 16.3 Å². The first-order valence-electron chi connectivity index (χ1n) is 10.7. The standard InChI is InChI=1S/C25H21N3O5S.ClH/c1-14(32-16-8-6-15(7-9-16)12-22-24(30)28-25(31)34-22)23-26-18-11-10-17(13-19(18)27-23)33-21-5-3-2-4-20(21)29;/h2-11,13-14,22,29H,12H2,1H3,(H,26,27)(H,28,30,31);1H. The molecule has 3 aromatic carbocycles. The van der Waals surface area contributed by atoms with Crippen LogP contribution in [0.5, 0.6) is 23.0 Å². The molecule has 2 amide bonds. The molecule has 1 fully saturated rings. The van der Waals surface area contributed by atoms with E-state index < -0.39 is 5.25 Å². The van der Waals surface area contributed by atoms with E-state index in [1.807, 2.05) is 43.3 Å². The van der Waals surface area contributed by atoms with Crippen molar-refractivity contribution in [3.63, 3.8) is 0 Å². The summed E-state index contributed by atoms with van der Waals surface area (Å²) >= 11 is 1.02. The first-order chi connectivity index (χ1) is 16.4. The number of amides is 2. The number of para-hydroxylation sites is 2. The van der Waals surface area contributed by atoms with Crippen molar-refractivity contribution in [1.29, 1.82) is 0 Å². The van der Waals surface area contributed by atoms with Crippen molar-refractivity contribution in [2.45, 2.75) is 24.7 Å². The fourth-order valence-corrected chi connectivity index (χ4v) is 4.50. The Hall–Kier alpha value is -3.69. The third-order valence-corrected chi connectivity index (χ3v) is 6.36. The first-order valence-corrected chi connectivity index (χ1v) is 11.5. The van der Waals surface area contributed by atoms with Crippen molar-refractivity contribution in [2.75, 3.05) is 0 Å². The van der Waals surface area contributed by atoms with Gasteiger partial charge in [-0.1, -0.05) is 36.0 Å². The van der Waals surface area contributed by atoms with Crippen molar-refractivity contribution in [3.8, 4) is 23.0 Å². The van der Waals surface area contributed by atoms with Gasteiger partial charge in [0.2, 0.25) is 5.91 Å². The van der Waals surface area contributed by atoms with E-state index in [9.17, 15) is 14.7 Å². The maximum Gasteiger partial charge on any atom is 0.286 e. The molecule has 2 atom stereocenters. The lowest BCUT2D eigenvalue weighted by atomic mass is 10.1. The van der Waals surface area contributed by atoms with Crippen LogP contribution in [0.2, 0.25) is 0 Å². The molecule has 2 heterocycles. The highest BCUT2D eigenvalue weighted by Gasteiger charge is 2.31. The van der Waals surface area contributed by atoms with Gasteiger partial charge in [0.25, 0.3) is 5.24 Å². The van der Waals surface area contributed by atoms with Crippen LogP contribution >= 0.6 is 24.2 Å². The molecule has 1 aliphatic heterocycles. The highest BCUT2D eigenvalue weighted by Crippen LogP contribution is 2.32. The highest BCUT2D eigenvalue weighted by atomic mass is 35.5. The largest absolute Gasteiger partial charge is 0.504 e. The molecule has 2 unspecified atom stereocenters. The number of nitrogens with one attached hydrogen (secondary N) is 2. The smallest absolute Gasteiger partial charge is 0.286 e. The van der Waals surface area contributed by atoms with E-state index in [1.165, 1.54) is 0 Å². The molecule has 10 heteroatoms. The van der Waals surface area contributed by atoms with Crippen LogP contribution in [0.3, 0.4) is 0 Å². The molecule has 8 nitrogen and oxygen atoms in total. The van der Waals surface area contributed by atoms with Gasteiger partial charge in [-0.2, -0.15) is 0 Å². The zero-order valence-corrected chi connectivity index (χ0v) is 20.2. The number of benzene rings is 3. The minimum Gasteiger partial charge on any atom is -0.504 e. The molecule has 0 aliphatic carbocycles. The molecule has 1 aliphatic rings. The Morgan fingerprint density at radius 2 is 1.80 bits per heavy atom. The van der Waals surface area contributed by atoms with Gasteiger partial charge < -0.3 is 19.6 Å². The van der Waals surface area contributed by atoms with E-state index in [0.717, 1.165) is 28.4 Å². The van der Waals surface area contributed by atoms with Crippen LogP contribution in [0.25, 0.3) is 11.0 Å². The molecule has 0 radical (unpaired) electrons. The number of thioether (sulfide) groups is 1. The minimum absolute atomic E-state index is 0. The molecule has 35 heavy (non-hydrogen) atoms. The van der Waals surface area contributed by atoms with Gasteiger partial charge in [-0.25, -0.2) is 4.98 Å². The topological polar surface area (TPSA) is 114 Å². The van der Waals surface area contributed by atoms with E-state index in [1.54, 1.807) is 30.3 Å². The first kappa shape index (κ1) is 24.4. The normalized spacial score (nSPS) is 16.0. The average Bonchev–Trinajstić information content (AvgIpc) is 3.38. The molecule has 0 bridgehead atoms. The Morgan fingerprint density at radius 3 is 2.51 bits per heavy atom. The van der Waals surface area contributed by atoms with E-state index >= 15 is 0 Å². The number of ether oxygens (including phenoxy) is 2. The maximum absolute atomic E-state index is 11.8. The molecule has 4 aromatic rings. The SMILES string of the molecule is CC(Oc1ccc(CC2SC(=O)NC2=O)cc1)c1nc2ccc(Oc3ccccc3O)cc2[nH]1.Cl. The third kappa shape index (κ3) is 5.52. The van der Waals surface area contributed by atoms with Gasteiger partial charge >= 0.3 is 0 Å². The Bertz CT molecular complexity index is 1380. The lowest BCUT2D eigenvalue weighted by molar-refractivity contribution is -0.118. The number of nitrogens with zero attached hydrogens (tertiary/aromatic N) is 1. The van der Waals surface area contributed by atoms with Crippen LogP contribution in [-0.4, -0.2) is 31.5 Å². The number of carbonyl (C=O) groups is 2. The van der Waals surface area contributed by atoms with Crippen LogP contribution in [0.15, 0.2) is 66.7 Å². The number of aromatic hydroxyl groups is 1. The molecule has 5 rings (SSSR count). The summed E-state index contributed by atoms with van der Waals surface area (Å²) < 4.78 is 11.8. The van der Waals surface area contributed by atoms with Crippen LogP contribution in [0.4, 0.5) is 4.79 Å². The van der Waals surface area contributed by atoms with Crippen LogP contribution in [0.1, 0.15) is 24.4 Å². The zero-order chi connectivity index (χ0) is 23.7. The van der Waals surface area contributed by atoms with Crippen LogP contribution in [-0.2, 0) is 11.2 Å². The summed E-state index contributed by atoms with van der Waals surface area (Å²) in [6, 6.07) is 19.7. The molecule has 180 valence electrons. The highest BCUT2D eigenvalue weighted by molar-refractivity contribution is 8.15. The summed E-state index contributed by atoms with van der Waals surface area (Å²) in [5.74, 6) is 2.10. The maximum atomic E-state index is 11.8. The monoisotopic (exact) mass is 511 g/mol. The second-order valence-corrected chi connectivity index (χ2v) is 9.04. The Labute approximate surface area is 211 Å². The number of halogens is 1. The van der Waals surface area contributed by atoms with Gasteiger partial charge in [-0.3, -0.25) is 14.9 Å². The Kier molecular flexibility index (Phi) is 7.18. The average molecular weight is 512 g/mol. The number of phenolic OH excluding ortho intramolecular Hbond substituents is 1. The number of phenols is 1. The van der Waals surface area contributed by atoms with Crippen molar-refractivity contribution in [1.82, 2.24) is 15.3 Å². The lowest BCUT2D eigenvalue weighted by Crippen LogP contribution is -2.25. The number of aromatic amines is 1. The van der Waals surface area contributed by atoms with Crippen molar-refractivity contribution < 1.29 is 24.2 Å². The summed E-state index contributed by atoms with van der Waals surface area (Å²) in [6.07, 6.45) is 0.141. The number of imidazole rings is 1. The third-order valence-electron chi connectivity index (χ3n) is 5.37. The number of hydrogen-bond donors (Lipinski definition) is 3. The minimum atomic E-state index is -0.395. The number of hydrogen-bond acceptors (Lipinski definition) is 7. The van der Waals surface area contributed by atoms with Crippen LogP contribution < -0.4 is 14.8 Å². The molecular formula is C25H22ClN3O5S. The van der Waals surface area contributed by atoms with E-state index in [4.69, 9.17) is 9.47 Å². The fourth-order valence-electron chi connectivity index (χ4n) is 3.64. The molecule has 3 N–H and O–H groups in total. The second kappa shape index (κ2) is 10.3. The van der Waals surface area contributed by atoms with Crippen molar-refractivity contribution >= 4 is 46.3 Å². The molecule has 1 saturated heterocycles. The Balaban J connectivity index is 0.00000289. The lowest BCUT2D eigenvalue weighted by Gasteiger charge is -2.13. The molecule has 0 saturated carbocycles. The van der Waals surface area contributed by atoms with E-state index in [-0.39, 0.29) is 35.4 Å². The summed E-state index contributed by atoms with van der Waals surface area (Å²) in [5.41, 5.74) is 2.51. The number of aromatic nitrogens is 2. The van der Waals surface area contributed by atoms with E-state index in [0.29, 0.717) is 29.5 Å². The molecular weight excluding hydrogens is 490 g/mol. The van der Waals surface area contributed by atoms with Gasteiger partial charge in [0, 0.05) is 6.07 Å². The Morgan fingerprint density at radius 1 is 1.06 bits per heavy atom. The number of rotatable bonds is 7. The predicted molar refractivity (Wildman–Crippen MR) is 136 cm³/mol. The fraction of sp³-hybridized carbons (Fsp3) is 0.160.